The van der Waals surface area contributed by atoms with Gasteiger partial charge in [-0.15, -0.1) is 0 Å². The number of nitrogens with zero attached hydrogens (tertiary/aromatic N) is 2. The van der Waals surface area contributed by atoms with Crippen LogP contribution in [0.25, 0.3) is 10.8 Å². The van der Waals surface area contributed by atoms with E-state index in [1.54, 1.807) is 17.0 Å². The molecule has 5 rings (SSSR count). The zero-order chi connectivity index (χ0) is 21.4. The van der Waals surface area contributed by atoms with Crippen molar-refractivity contribution < 1.29 is 14.7 Å². The highest BCUT2D eigenvalue weighted by atomic mass is 16.3. The van der Waals surface area contributed by atoms with Crippen LogP contribution in [0, 0.1) is 0 Å². The first kappa shape index (κ1) is 19.9. The van der Waals surface area contributed by atoms with Crippen LogP contribution in [-0.4, -0.2) is 41.5 Å². The van der Waals surface area contributed by atoms with Gasteiger partial charge in [-0.3, -0.25) is 19.4 Å². The summed E-state index contributed by atoms with van der Waals surface area (Å²) in [6.45, 7) is 2.34. The average Bonchev–Trinajstić information content (AvgIpc) is 3.01. The van der Waals surface area contributed by atoms with Crippen LogP contribution >= 0.6 is 0 Å². The lowest BCUT2D eigenvalue weighted by molar-refractivity contribution is -0.136. The Balaban J connectivity index is 1.44. The summed E-state index contributed by atoms with van der Waals surface area (Å²) in [6.07, 6.45) is 3.19. The van der Waals surface area contributed by atoms with Gasteiger partial charge in [0.25, 0.3) is 5.91 Å². The molecule has 3 aromatic rings. The quantitative estimate of drug-likeness (QED) is 0.639. The van der Waals surface area contributed by atoms with Gasteiger partial charge in [-0.2, -0.15) is 0 Å². The summed E-state index contributed by atoms with van der Waals surface area (Å²) in [5.74, 6) is -0.648. The molecular weight excluding hydrogens is 388 g/mol. The molecule has 158 valence electrons. The summed E-state index contributed by atoms with van der Waals surface area (Å²) >= 11 is 0. The Hall–Kier alpha value is -3.02. The first-order valence-corrected chi connectivity index (χ1v) is 10.9. The molecule has 1 amide bonds. The Morgan fingerprint density at radius 3 is 2.42 bits per heavy atom. The molecule has 5 heteroatoms. The lowest BCUT2D eigenvalue weighted by Crippen LogP contribution is -2.47. The summed E-state index contributed by atoms with van der Waals surface area (Å²) < 4.78 is 0. The zero-order valence-electron chi connectivity index (χ0n) is 17.5. The van der Waals surface area contributed by atoms with Gasteiger partial charge in [-0.25, -0.2) is 0 Å². The number of piperidine rings is 1. The van der Waals surface area contributed by atoms with Gasteiger partial charge in [0.05, 0.1) is 18.8 Å². The molecule has 5 nitrogen and oxygen atoms in total. The van der Waals surface area contributed by atoms with Crippen molar-refractivity contribution in [2.45, 2.75) is 31.3 Å². The second kappa shape index (κ2) is 7.91. The number of para-hydroxylation sites is 1. The van der Waals surface area contributed by atoms with E-state index >= 15 is 0 Å². The standard InChI is InChI=1S/C26H26N2O3/c29-24(21-13-12-19-8-2-3-9-20(19)16-21)17-26(31)22-10-4-5-11-23(22)28(25(26)30)18-27-14-6-1-7-15-27/h2-5,8-13,16,31H,1,6-7,14-15,17-18H2. The van der Waals surface area contributed by atoms with Crippen molar-refractivity contribution >= 4 is 28.2 Å². The van der Waals surface area contributed by atoms with E-state index < -0.39 is 11.5 Å². The molecule has 0 aromatic heterocycles. The van der Waals surface area contributed by atoms with Crippen molar-refractivity contribution in [3.63, 3.8) is 0 Å². The van der Waals surface area contributed by atoms with Crippen LogP contribution in [0.5, 0.6) is 0 Å². The second-order valence-corrected chi connectivity index (χ2v) is 8.59. The number of rotatable bonds is 5. The number of aliphatic hydroxyl groups is 1. The van der Waals surface area contributed by atoms with E-state index in [0.29, 0.717) is 23.5 Å². The molecule has 3 aromatic carbocycles. The maximum Gasteiger partial charge on any atom is 0.265 e. The largest absolute Gasteiger partial charge is 0.375 e. The van der Waals surface area contributed by atoms with Gasteiger partial charge in [0.15, 0.2) is 11.4 Å². The molecule has 1 N–H and O–H groups in total. The average molecular weight is 415 g/mol. The molecule has 2 aliphatic heterocycles. The van der Waals surface area contributed by atoms with Crippen molar-refractivity contribution in [3.05, 3.63) is 77.9 Å². The Bertz CT molecular complexity index is 1150. The molecular formula is C26H26N2O3. The Morgan fingerprint density at radius 1 is 0.903 bits per heavy atom. The van der Waals surface area contributed by atoms with Crippen LogP contribution in [0.4, 0.5) is 5.69 Å². The van der Waals surface area contributed by atoms with Gasteiger partial charge < -0.3 is 5.11 Å². The fourth-order valence-electron chi connectivity index (χ4n) is 4.82. The Labute approximate surface area is 181 Å². The van der Waals surface area contributed by atoms with Crippen LogP contribution < -0.4 is 4.90 Å². The van der Waals surface area contributed by atoms with Crippen LogP contribution in [0.2, 0.25) is 0 Å². The number of amides is 1. The third kappa shape index (κ3) is 3.54. The lowest BCUT2D eigenvalue weighted by Gasteiger charge is -2.31. The molecule has 1 saturated heterocycles. The topological polar surface area (TPSA) is 60.9 Å². The van der Waals surface area contributed by atoms with E-state index in [0.717, 1.165) is 36.7 Å². The van der Waals surface area contributed by atoms with Gasteiger partial charge in [0.2, 0.25) is 0 Å². The Morgan fingerprint density at radius 2 is 1.61 bits per heavy atom. The fraction of sp³-hybridized carbons (Fsp3) is 0.308. The summed E-state index contributed by atoms with van der Waals surface area (Å²) in [4.78, 5) is 30.5. The fourth-order valence-corrected chi connectivity index (χ4v) is 4.82. The molecule has 0 spiro atoms. The molecule has 1 unspecified atom stereocenters. The number of fused-ring (bicyclic) bond motifs is 2. The zero-order valence-corrected chi connectivity index (χ0v) is 17.5. The van der Waals surface area contributed by atoms with Gasteiger partial charge in [-0.05, 0) is 48.8 Å². The van der Waals surface area contributed by atoms with Crippen LogP contribution in [0.1, 0.15) is 41.6 Å². The number of hydrogen-bond acceptors (Lipinski definition) is 4. The van der Waals surface area contributed by atoms with E-state index in [9.17, 15) is 14.7 Å². The van der Waals surface area contributed by atoms with E-state index in [4.69, 9.17) is 0 Å². The molecule has 1 atom stereocenters. The van der Waals surface area contributed by atoms with Crippen LogP contribution in [0.15, 0.2) is 66.7 Å². The smallest absolute Gasteiger partial charge is 0.265 e. The highest BCUT2D eigenvalue weighted by Crippen LogP contribution is 2.43. The van der Waals surface area contributed by atoms with Gasteiger partial charge in [-0.1, -0.05) is 61.0 Å². The normalized spacial score (nSPS) is 21.5. The predicted molar refractivity (Wildman–Crippen MR) is 121 cm³/mol. The SMILES string of the molecule is O=C(CC1(O)C(=O)N(CN2CCCCC2)c2ccccc21)c1ccc2ccccc2c1. The molecule has 31 heavy (non-hydrogen) atoms. The van der Waals surface area contributed by atoms with Crippen LogP contribution in [-0.2, 0) is 10.4 Å². The number of carbonyl (C=O) groups excluding carboxylic acids is 2. The first-order chi connectivity index (χ1) is 15.1. The molecule has 2 heterocycles. The highest BCUT2D eigenvalue weighted by molar-refractivity contribution is 6.11. The number of ketones is 1. The summed E-state index contributed by atoms with van der Waals surface area (Å²) in [7, 11) is 0. The maximum atomic E-state index is 13.4. The van der Waals surface area contributed by atoms with Crippen molar-refractivity contribution in [1.29, 1.82) is 0 Å². The van der Waals surface area contributed by atoms with Crippen molar-refractivity contribution in [2.24, 2.45) is 0 Å². The minimum absolute atomic E-state index is 0.240. The maximum absolute atomic E-state index is 13.4. The number of Topliss-reactive ketones (excluding diaryl/α,β-unsaturated/α-hetero) is 1. The summed E-state index contributed by atoms with van der Waals surface area (Å²) in [5.41, 5.74) is -0.111. The molecule has 0 aliphatic carbocycles. The number of anilines is 1. The minimum Gasteiger partial charge on any atom is -0.375 e. The first-order valence-electron chi connectivity index (χ1n) is 10.9. The molecule has 2 aliphatic rings. The van der Waals surface area contributed by atoms with Crippen molar-refractivity contribution in [1.82, 2.24) is 4.90 Å². The number of benzene rings is 3. The van der Waals surface area contributed by atoms with E-state index in [1.807, 2.05) is 54.6 Å². The molecule has 0 radical (unpaired) electrons. The molecule has 0 saturated carbocycles. The Kier molecular flexibility index (Phi) is 5.08. The molecule has 1 fully saturated rings. The van der Waals surface area contributed by atoms with Crippen molar-refractivity contribution in [3.8, 4) is 0 Å². The predicted octanol–water partition coefficient (Wildman–Crippen LogP) is 4.09. The van der Waals surface area contributed by atoms with E-state index in [-0.39, 0.29) is 12.2 Å². The van der Waals surface area contributed by atoms with E-state index in [1.165, 1.54) is 6.42 Å². The third-order valence-corrected chi connectivity index (χ3v) is 6.52. The van der Waals surface area contributed by atoms with Gasteiger partial charge in [0.1, 0.15) is 0 Å². The summed E-state index contributed by atoms with van der Waals surface area (Å²) in [6, 6.07) is 20.6. The van der Waals surface area contributed by atoms with Crippen LogP contribution in [0.3, 0.4) is 0 Å². The second-order valence-electron chi connectivity index (χ2n) is 8.59. The lowest BCUT2D eigenvalue weighted by atomic mass is 9.88. The van der Waals surface area contributed by atoms with Crippen molar-refractivity contribution in [2.75, 3.05) is 24.7 Å². The van der Waals surface area contributed by atoms with Gasteiger partial charge >= 0.3 is 0 Å². The number of carbonyl (C=O) groups is 2. The minimum atomic E-state index is -1.84. The third-order valence-electron chi connectivity index (χ3n) is 6.52. The summed E-state index contributed by atoms with van der Waals surface area (Å²) in [5, 5.41) is 13.5. The monoisotopic (exact) mass is 414 g/mol. The number of hydrogen-bond donors (Lipinski definition) is 1. The molecule has 0 bridgehead atoms. The van der Waals surface area contributed by atoms with E-state index in [2.05, 4.69) is 4.90 Å². The van der Waals surface area contributed by atoms with Gasteiger partial charge in [0, 0.05) is 11.1 Å². The number of likely N-dealkylation sites (tertiary alicyclic amines) is 1. The highest BCUT2D eigenvalue weighted by Gasteiger charge is 2.51.